The molecule has 0 fully saturated rings. The van der Waals surface area contributed by atoms with Crippen molar-refractivity contribution in [1.82, 2.24) is 0 Å². The monoisotopic (exact) mass is 251 g/mol. The van der Waals surface area contributed by atoms with E-state index in [4.69, 9.17) is 35.5 Å². The molecule has 0 saturated carbocycles. The summed E-state index contributed by atoms with van der Waals surface area (Å²) in [7, 11) is -11.1. The van der Waals surface area contributed by atoms with Crippen molar-refractivity contribution in [2.24, 2.45) is 5.73 Å². The molecule has 0 rings (SSSR count). The topological polar surface area (TPSA) is 182 Å². The van der Waals surface area contributed by atoms with Crippen molar-refractivity contribution < 1.29 is 38.9 Å². The van der Waals surface area contributed by atoms with Crippen molar-refractivity contribution in [3.63, 3.8) is 0 Å². The zero-order valence-electron chi connectivity index (χ0n) is 6.76. The third kappa shape index (κ3) is 2.22. The minimum absolute atomic E-state index is 1.19. The lowest BCUT2D eigenvalue weighted by molar-refractivity contribution is 0.0828. The molecular weight excluding hydrogens is 240 g/mol. The van der Waals surface area contributed by atoms with Crippen molar-refractivity contribution in [2.45, 2.75) is 11.1 Å². The van der Waals surface area contributed by atoms with Gasteiger partial charge in [-0.15, -0.1) is 0 Å². The van der Waals surface area contributed by atoms with Crippen LogP contribution in [0.1, 0.15) is 0 Å². The Hall–Kier alpha value is 0.180. The van der Waals surface area contributed by atoms with E-state index in [1.165, 1.54) is 0 Å². The summed E-state index contributed by atoms with van der Waals surface area (Å²) in [5.74, 6) is 0. The fourth-order valence-electron chi connectivity index (χ4n) is 0.724. The average molecular weight is 251 g/mol. The van der Waals surface area contributed by atoms with Crippen LogP contribution in [0.4, 0.5) is 0 Å². The molecule has 8 N–H and O–H groups in total. The molecule has 9 nitrogen and oxygen atoms in total. The van der Waals surface area contributed by atoms with Crippen LogP contribution < -0.4 is 5.73 Å². The summed E-state index contributed by atoms with van der Waals surface area (Å²) in [6, 6.07) is -2.15. The Morgan fingerprint density at radius 2 is 1.43 bits per heavy atom. The highest BCUT2D eigenvalue weighted by molar-refractivity contribution is 7.72. The molecule has 0 aliphatic carbocycles. The van der Waals surface area contributed by atoms with Gasteiger partial charge in [-0.05, 0) is 0 Å². The fraction of sp³-hybridized carbons (Fsp3) is 1.00. The SMILES string of the molecule is N[C@@H](CO)C(O)(P(=O)(O)O)P(=O)(O)O. The lowest BCUT2D eigenvalue weighted by Gasteiger charge is -2.32. The summed E-state index contributed by atoms with van der Waals surface area (Å²) in [4.78, 5) is 34.2. The van der Waals surface area contributed by atoms with E-state index in [0.29, 0.717) is 0 Å². The van der Waals surface area contributed by atoms with Crippen LogP contribution in [0.2, 0.25) is 0 Å². The van der Waals surface area contributed by atoms with Crippen LogP contribution in [0.5, 0.6) is 0 Å². The highest BCUT2D eigenvalue weighted by Crippen LogP contribution is 2.68. The summed E-state index contributed by atoms with van der Waals surface area (Å²) in [6.45, 7) is -1.19. The summed E-state index contributed by atoms with van der Waals surface area (Å²) >= 11 is 0. The molecule has 0 aromatic carbocycles. The van der Waals surface area contributed by atoms with Gasteiger partial charge in [0.25, 0.3) is 5.08 Å². The second kappa shape index (κ2) is 3.97. The van der Waals surface area contributed by atoms with Crippen LogP contribution >= 0.6 is 15.2 Å². The van der Waals surface area contributed by atoms with Gasteiger partial charge in [0.2, 0.25) is 0 Å². The van der Waals surface area contributed by atoms with Crippen LogP contribution in [0.3, 0.4) is 0 Å². The normalized spacial score (nSPS) is 16.8. The fourth-order valence-corrected chi connectivity index (χ4v) is 3.11. The number of aliphatic hydroxyl groups is 2. The van der Waals surface area contributed by atoms with Gasteiger partial charge in [-0.1, -0.05) is 0 Å². The molecule has 0 aliphatic rings. The Morgan fingerprint density at radius 1 is 1.14 bits per heavy atom. The zero-order chi connectivity index (χ0) is 11.8. The lowest BCUT2D eigenvalue weighted by atomic mass is 10.3. The quantitative estimate of drug-likeness (QED) is 0.261. The van der Waals surface area contributed by atoms with Crippen LogP contribution in [-0.2, 0) is 9.13 Å². The van der Waals surface area contributed by atoms with Crippen molar-refractivity contribution in [3.8, 4) is 0 Å². The first-order valence-corrected chi connectivity index (χ1v) is 6.41. The van der Waals surface area contributed by atoms with E-state index in [2.05, 4.69) is 0 Å². The molecule has 0 radical (unpaired) electrons. The summed E-state index contributed by atoms with van der Waals surface area (Å²) in [5.41, 5.74) is 4.84. The molecule has 0 aromatic rings. The summed E-state index contributed by atoms with van der Waals surface area (Å²) < 4.78 is 21.3. The Balaban J connectivity index is 5.53. The maximum absolute atomic E-state index is 10.7. The van der Waals surface area contributed by atoms with Crippen LogP contribution in [0.15, 0.2) is 0 Å². The lowest BCUT2D eigenvalue weighted by Crippen LogP contribution is -2.49. The minimum Gasteiger partial charge on any atom is -0.395 e. The first-order chi connectivity index (χ1) is 5.98. The van der Waals surface area contributed by atoms with E-state index in [1.54, 1.807) is 0 Å². The molecule has 0 aliphatic heterocycles. The van der Waals surface area contributed by atoms with Crippen molar-refractivity contribution in [3.05, 3.63) is 0 Å². The molecule has 0 amide bonds. The van der Waals surface area contributed by atoms with Crippen LogP contribution in [0, 0.1) is 0 Å². The highest BCUT2D eigenvalue weighted by Gasteiger charge is 2.63. The van der Waals surface area contributed by atoms with Crippen molar-refractivity contribution >= 4 is 15.2 Å². The summed E-state index contributed by atoms with van der Waals surface area (Å²) in [6.07, 6.45) is 0. The number of hydrogen-bond acceptors (Lipinski definition) is 5. The van der Waals surface area contributed by atoms with E-state index >= 15 is 0 Å². The van der Waals surface area contributed by atoms with Crippen LogP contribution in [-0.4, -0.2) is 47.5 Å². The Morgan fingerprint density at radius 3 is 1.50 bits per heavy atom. The first-order valence-electron chi connectivity index (χ1n) is 3.18. The number of nitrogens with two attached hydrogens (primary N) is 1. The number of hydrogen-bond donors (Lipinski definition) is 7. The Bertz CT molecular complexity index is 269. The third-order valence-electron chi connectivity index (χ3n) is 1.55. The zero-order valence-corrected chi connectivity index (χ0v) is 8.54. The maximum atomic E-state index is 10.7. The maximum Gasteiger partial charge on any atom is 0.371 e. The van der Waals surface area contributed by atoms with E-state index in [9.17, 15) is 9.13 Å². The van der Waals surface area contributed by atoms with E-state index in [0.717, 1.165) is 0 Å². The molecule has 0 bridgehead atoms. The molecule has 14 heavy (non-hydrogen) atoms. The Kier molecular flexibility index (Phi) is 4.03. The molecule has 86 valence electrons. The van der Waals surface area contributed by atoms with Gasteiger partial charge < -0.3 is 35.5 Å². The van der Waals surface area contributed by atoms with Gasteiger partial charge in [0.05, 0.1) is 12.6 Å². The largest absolute Gasteiger partial charge is 0.395 e. The first kappa shape index (κ1) is 14.2. The molecule has 11 heteroatoms. The summed E-state index contributed by atoms with van der Waals surface area (Å²) in [5, 5.41) is 13.8. The molecular formula is C3H11NO8P2. The molecule has 0 unspecified atom stereocenters. The van der Waals surface area contributed by atoms with Gasteiger partial charge >= 0.3 is 15.2 Å². The average Bonchev–Trinajstić information content (AvgIpc) is 1.97. The molecule has 1 atom stereocenters. The van der Waals surface area contributed by atoms with E-state index < -0.39 is 32.9 Å². The van der Waals surface area contributed by atoms with Gasteiger partial charge in [-0.25, -0.2) is 0 Å². The number of aliphatic hydroxyl groups excluding tert-OH is 1. The van der Waals surface area contributed by atoms with Gasteiger partial charge in [0, 0.05) is 0 Å². The predicted molar refractivity (Wildman–Crippen MR) is 44.1 cm³/mol. The molecule has 0 aromatic heterocycles. The van der Waals surface area contributed by atoms with Crippen LogP contribution in [0.25, 0.3) is 0 Å². The second-order valence-electron chi connectivity index (χ2n) is 2.56. The molecule has 0 spiro atoms. The van der Waals surface area contributed by atoms with Gasteiger partial charge in [0.1, 0.15) is 0 Å². The van der Waals surface area contributed by atoms with E-state index in [-0.39, 0.29) is 0 Å². The predicted octanol–water partition coefficient (Wildman–Crippen LogP) is -2.69. The molecule has 0 saturated heterocycles. The van der Waals surface area contributed by atoms with Gasteiger partial charge in [-0.2, -0.15) is 0 Å². The minimum atomic E-state index is -5.57. The third-order valence-corrected chi connectivity index (χ3v) is 5.49. The Labute approximate surface area is 78.5 Å². The van der Waals surface area contributed by atoms with Gasteiger partial charge in [-0.3, -0.25) is 9.13 Å². The highest BCUT2D eigenvalue weighted by atomic mass is 31.2. The number of rotatable bonds is 4. The van der Waals surface area contributed by atoms with Crippen molar-refractivity contribution in [2.75, 3.05) is 6.61 Å². The molecule has 0 heterocycles. The van der Waals surface area contributed by atoms with Crippen molar-refractivity contribution in [1.29, 1.82) is 0 Å². The standard InChI is InChI=1S/C3H11NO8P2/c4-2(1-5)3(6,13(7,8)9)14(10,11)12/h2,5-6H,1,4H2,(H2,7,8,9)(H2,10,11,12)/t2-/m0/s1. The van der Waals surface area contributed by atoms with E-state index in [1.807, 2.05) is 0 Å². The second-order valence-corrected chi connectivity index (χ2v) is 6.46. The smallest absolute Gasteiger partial charge is 0.371 e. The van der Waals surface area contributed by atoms with Gasteiger partial charge in [0.15, 0.2) is 0 Å².